The zero-order chi connectivity index (χ0) is 25.6. The van der Waals surface area contributed by atoms with E-state index in [9.17, 15) is 13.2 Å². The number of ether oxygens (including phenoxy) is 1. The number of nitrogens with one attached hydrogen (secondary N) is 1. The zero-order valence-electron chi connectivity index (χ0n) is 20.3. The van der Waals surface area contributed by atoms with Gasteiger partial charge >= 0.3 is 0 Å². The fourth-order valence-corrected chi connectivity index (χ4v) is 7.40. The first-order valence-corrected chi connectivity index (χ1v) is 15.6. The van der Waals surface area contributed by atoms with Crippen LogP contribution in [-0.2, 0) is 17.1 Å². The van der Waals surface area contributed by atoms with Crippen molar-refractivity contribution in [2.45, 2.75) is 35.8 Å². The molecule has 0 saturated heterocycles. The van der Waals surface area contributed by atoms with Crippen molar-refractivity contribution in [3.05, 3.63) is 47.0 Å². The number of carbonyl (C=O) groups is 1. The second-order valence-corrected chi connectivity index (χ2v) is 16.0. The maximum atomic E-state index is 12.6. The summed E-state index contributed by atoms with van der Waals surface area (Å²) < 4.78 is 36.3. The molecule has 0 unspecified atom stereocenters. The lowest BCUT2D eigenvalue weighted by Gasteiger charge is -2.36. The highest BCUT2D eigenvalue weighted by Gasteiger charge is 2.49. The van der Waals surface area contributed by atoms with E-state index in [1.54, 1.807) is 26.2 Å². The molecule has 0 bridgehead atoms. The van der Waals surface area contributed by atoms with Gasteiger partial charge in [-0.1, -0.05) is 11.6 Å². The van der Waals surface area contributed by atoms with Gasteiger partial charge in [-0.2, -0.15) is 5.10 Å². The van der Waals surface area contributed by atoms with Crippen LogP contribution in [-0.4, -0.2) is 69.0 Å². The molecule has 3 aromatic heterocycles. The van der Waals surface area contributed by atoms with Crippen LogP contribution in [0.15, 0.2) is 35.5 Å². The second kappa shape index (κ2) is 9.14. The molecule has 1 fully saturated rings. The minimum atomic E-state index is -4.12. The van der Waals surface area contributed by atoms with Gasteiger partial charge in [-0.25, -0.2) is 32.8 Å². The van der Waals surface area contributed by atoms with Crippen molar-refractivity contribution in [2.24, 2.45) is 7.05 Å². The standard InChI is InChI=1S/C22H29ClN6O4S2/c1-15-17(14-28(2)25-15)35(31,32)27-21(30)16-6-7-18(24-20(16)23)29-12-8-19(26-29)33-13-11-22(9-10-22)34(3,4)5/h6-8,12,14H,9-11,13H2,1-5H3,(H,27,30). The molecule has 0 atom stereocenters. The summed E-state index contributed by atoms with van der Waals surface area (Å²) in [5.41, 5.74) is 0.194. The van der Waals surface area contributed by atoms with E-state index in [0.29, 0.717) is 23.1 Å². The number of pyridine rings is 1. The first-order valence-electron chi connectivity index (χ1n) is 10.9. The Hall–Kier alpha value is -2.57. The van der Waals surface area contributed by atoms with Crippen LogP contribution in [0.1, 0.15) is 35.3 Å². The van der Waals surface area contributed by atoms with Crippen molar-refractivity contribution >= 4 is 37.6 Å². The molecule has 0 spiro atoms. The third-order valence-corrected chi connectivity index (χ3v) is 11.2. The Labute approximate surface area is 211 Å². The summed E-state index contributed by atoms with van der Waals surface area (Å²) in [6.45, 7) is 2.14. The molecule has 13 heteroatoms. The Morgan fingerprint density at radius 3 is 2.49 bits per heavy atom. The zero-order valence-corrected chi connectivity index (χ0v) is 22.7. The lowest BCUT2D eigenvalue weighted by atomic mass is 10.3. The number of carbonyl (C=O) groups excluding carboxylic acids is 1. The Morgan fingerprint density at radius 1 is 1.20 bits per heavy atom. The second-order valence-electron chi connectivity index (χ2n) is 9.41. The predicted molar refractivity (Wildman–Crippen MR) is 136 cm³/mol. The van der Waals surface area contributed by atoms with E-state index in [1.807, 2.05) is 4.72 Å². The van der Waals surface area contributed by atoms with Crippen LogP contribution >= 0.6 is 21.6 Å². The van der Waals surface area contributed by atoms with Gasteiger partial charge in [0.1, 0.15) is 10.0 Å². The van der Waals surface area contributed by atoms with E-state index < -0.39 is 26.0 Å². The van der Waals surface area contributed by atoms with Crippen LogP contribution in [0.5, 0.6) is 5.88 Å². The van der Waals surface area contributed by atoms with E-state index in [-0.39, 0.29) is 21.3 Å². The Bertz CT molecular complexity index is 1370. The smallest absolute Gasteiger partial charge is 0.268 e. The average Bonchev–Trinajstić information content (AvgIpc) is 3.27. The topological polar surface area (TPSA) is 121 Å². The summed E-state index contributed by atoms with van der Waals surface area (Å²) >= 11 is 6.22. The highest BCUT2D eigenvalue weighted by Crippen LogP contribution is 2.66. The van der Waals surface area contributed by atoms with Gasteiger partial charge < -0.3 is 4.74 Å². The monoisotopic (exact) mass is 540 g/mol. The van der Waals surface area contributed by atoms with E-state index in [4.69, 9.17) is 16.3 Å². The number of rotatable bonds is 9. The highest BCUT2D eigenvalue weighted by molar-refractivity contribution is 8.33. The molecule has 35 heavy (non-hydrogen) atoms. The predicted octanol–water partition coefficient (Wildman–Crippen LogP) is 3.08. The fraction of sp³-hybridized carbons (Fsp3) is 0.455. The van der Waals surface area contributed by atoms with Crippen LogP contribution in [0.25, 0.3) is 5.82 Å². The Balaban J connectivity index is 1.42. The number of halogens is 1. The molecule has 4 rings (SSSR count). The molecule has 190 valence electrons. The molecule has 3 heterocycles. The molecule has 1 amide bonds. The lowest BCUT2D eigenvalue weighted by Crippen LogP contribution is -2.31. The van der Waals surface area contributed by atoms with Crippen molar-refractivity contribution in [1.82, 2.24) is 29.3 Å². The van der Waals surface area contributed by atoms with Crippen LogP contribution in [0, 0.1) is 6.92 Å². The Kier molecular flexibility index (Phi) is 6.66. The maximum absolute atomic E-state index is 12.6. The Morgan fingerprint density at radius 2 is 1.91 bits per heavy atom. The molecule has 0 aliphatic heterocycles. The lowest BCUT2D eigenvalue weighted by molar-refractivity contribution is 0.0981. The highest BCUT2D eigenvalue weighted by atomic mass is 35.5. The molecule has 3 aromatic rings. The summed E-state index contributed by atoms with van der Waals surface area (Å²) in [5.74, 6) is -0.0516. The van der Waals surface area contributed by atoms with E-state index in [1.165, 1.54) is 40.5 Å². The first-order chi connectivity index (χ1) is 16.3. The van der Waals surface area contributed by atoms with Gasteiger partial charge in [-0.3, -0.25) is 9.48 Å². The molecule has 1 saturated carbocycles. The molecule has 10 nitrogen and oxygen atoms in total. The molecule has 1 aliphatic rings. The van der Waals surface area contributed by atoms with Crippen LogP contribution in [0.4, 0.5) is 0 Å². The maximum Gasteiger partial charge on any atom is 0.268 e. The molecule has 1 N–H and O–H groups in total. The fourth-order valence-electron chi connectivity index (χ4n) is 3.96. The molecular formula is C22H29ClN6O4S2. The number of aromatic nitrogens is 5. The van der Waals surface area contributed by atoms with Crippen LogP contribution in [0.2, 0.25) is 5.15 Å². The molecule has 0 radical (unpaired) electrons. The van der Waals surface area contributed by atoms with Gasteiger partial charge in [-0.05, 0) is 57.1 Å². The van der Waals surface area contributed by atoms with E-state index >= 15 is 0 Å². The number of nitrogens with zero attached hydrogens (tertiary/aromatic N) is 5. The number of sulfonamides is 1. The number of amides is 1. The first kappa shape index (κ1) is 25.5. The average molecular weight is 541 g/mol. The van der Waals surface area contributed by atoms with Crippen molar-refractivity contribution in [1.29, 1.82) is 0 Å². The van der Waals surface area contributed by atoms with Crippen molar-refractivity contribution in [2.75, 3.05) is 25.4 Å². The SMILES string of the molecule is Cc1nn(C)cc1S(=O)(=O)NC(=O)c1ccc(-n2ccc(OCCC3(S(C)(C)C)CC3)n2)nc1Cl. The summed E-state index contributed by atoms with van der Waals surface area (Å²) in [5, 5.41) is 8.23. The van der Waals surface area contributed by atoms with Gasteiger partial charge in [-0.15, -0.1) is 5.10 Å². The van der Waals surface area contributed by atoms with Crippen molar-refractivity contribution in [3.63, 3.8) is 0 Å². The largest absolute Gasteiger partial charge is 0.477 e. The third kappa shape index (κ3) is 5.34. The van der Waals surface area contributed by atoms with Gasteiger partial charge in [0.25, 0.3) is 15.9 Å². The number of hydrogen-bond donors (Lipinski definition) is 1. The molecule has 1 aliphatic carbocycles. The van der Waals surface area contributed by atoms with Gasteiger partial charge in [0.2, 0.25) is 5.88 Å². The summed E-state index contributed by atoms with van der Waals surface area (Å²) in [7, 11) is -3.16. The molecule has 0 aromatic carbocycles. The summed E-state index contributed by atoms with van der Waals surface area (Å²) in [6, 6.07) is 4.67. The quantitative estimate of drug-likeness (QED) is 0.414. The number of aryl methyl sites for hydroxylation is 2. The van der Waals surface area contributed by atoms with E-state index in [2.05, 4.69) is 33.9 Å². The number of hydrogen-bond acceptors (Lipinski definition) is 7. The summed E-state index contributed by atoms with van der Waals surface area (Å²) in [4.78, 5) is 16.7. The van der Waals surface area contributed by atoms with Gasteiger partial charge in [0.15, 0.2) is 5.82 Å². The normalized spacial score (nSPS) is 15.6. The minimum absolute atomic E-state index is 0.0800. The van der Waals surface area contributed by atoms with Gasteiger partial charge in [0.05, 0.1) is 17.9 Å². The molecular weight excluding hydrogens is 512 g/mol. The minimum Gasteiger partial charge on any atom is -0.477 e. The van der Waals surface area contributed by atoms with Crippen molar-refractivity contribution in [3.8, 4) is 11.7 Å². The third-order valence-electron chi connectivity index (χ3n) is 6.28. The van der Waals surface area contributed by atoms with Crippen LogP contribution < -0.4 is 9.46 Å². The summed E-state index contributed by atoms with van der Waals surface area (Å²) in [6.07, 6.45) is 13.6. The van der Waals surface area contributed by atoms with Crippen molar-refractivity contribution < 1.29 is 17.9 Å². The van der Waals surface area contributed by atoms with E-state index in [0.717, 1.165) is 6.42 Å². The van der Waals surface area contributed by atoms with Gasteiger partial charge in [0, 0.05) is 30.3 Å². The van der Waals surface area contributed by atoms with Crippen LogP contribution in [0.3, 0.4) is 0 Å².